The van der Waals surface area contributed by atoms with Crippen molar-refractivity contribution in [3.63, 3.8) is 0 Å². The summed E-state index contributed by atoms with van der Waals surface area (Å²) in [5, 5.41) is 0. The van der Waals surface area contributed by atoms with Gasteiger partial charge in [-0.05, 0) is 25.7 Å². The van der Waals surface area contributed by atoms with E-state index in [0.717, 1.165) is 19.3 Å². The van der Waals surface area contributed by atoms with Crippen LogP contribution in [0.5, 0.6) is 0 Å². The zero-order chi connectivity index (χ0) is 10.4. The molecule has 0 bridgehead atoms. The fraction of sp³-hybridized carbons (Fsp3) is 0.800. The van der Waals surface area contributed by atoms with Crippen molar-refractivity contribution < 1.29 is 13.2 Å². The Hall–Kier alpha value is -0.350. The molecule has 14 heavy (non-hydrogen) atoms. The molecule has 0 aliphatic carbocycles. The first-order chi connectivity index (χ1) is 6.64. The molecular weight excluding hydrogens is 200 g/mol. The van der Waals surface area contributed by atoms with Gasteiger partial charge in [-0.1, -0.05) is 6.08 Å². The van der Waals surface area contributed by atoms with Crippen LogP contribution < -0.4 is 0 Å². The van der Waals surface area contributed by atoms with Crippen LogP contribution in [0.1, 0.15) is 25.7 Å². The summed E-state index contributed by atoms with van der Waals surface area (Å²) >= 11 is 0. The van der Waals surface area contributed by atoms with Crippen LogP contribution in [-0.4, -0.2) is 32.6 Å². The molecule has 1 rings (SSSR count). The summed E-state index contributed by atoms with van der Waals surface area (Å²) in [5.41, 5.74) is 0. The molecule has 1 aliphatic heterocycles. The number of unbranched alkanes of at least 4 members (excludes halogenated alkanes) is 2. The highest BCUT2D eigenvalue weighted by Crippen LogP contribution is 2.15. The minimum atomic E-state index is -2.78. The maximum Gasteiger partial charge on any atom is 0.152 e. The topological polar surface area (TPSA) is 43.4 Å². The van der Waals surface area contributed by atoms with E-state index in [1.165, 1.54) is 0 Å². The second-order valence-corrected chi connectivity index (χ2v) is 5.91. The fourth-order valence-electron chi connectivity index (χ4n) is 1.53. The molecule has 1 unspecified atom stereocenters. The number of hydrogen-bond donors (Lipinski definition) is 0. The van der Waals surface area contributed by atoms with Crippen LogP contribution in [0.2, 0.25) is 0 Å². The first-order valence-corrected chi connectivity index (χ1v) is 6.89. The Morgan fingerprint density at radius 3 is 2.79 bits per heavy atom. The number of sulfone groups is 1. The van der Waals surface area contributed by atoms with Crippen molar-refractivity contribution in [1.29, 1.82) is 0 Å². The molecule has 82 valence electrons. The lowest BCUT2D eigenvalue weighted by atomic mass is 10.2. The summed E-state index contributed by atoms with van der Waals surface area (Å²) in [6.07, 6.45) is 5.57. The van der Waals surface area contributed by atoms with Crippen molar-refractivity contribution in [3.05, 3.63) is 12.7 Å². The molecule has 3 nitrogen and oxygen atoms in total. The largest absolute Gasteiger partial charge is 0.377 e. The normalized spacial score (nSPS) is 25.0. The molecule has 1 aliphatic rings. The van der Waals surface area contributed by atoms with E-state index in [9.17, 15) is 8.42 Å². The van der Waals surface area contributed by atoms with Crippen molar-refractivity contribution in [2.45, 2.75) is 31.8 Å². The van der Waals surface area contributed by atoms with Crippen LogP contribution in [0, 0.1) is 0 Å². The highest BCUT2D eigenvalue weighted by atomic mass is 32.2. The highest BCUT2D eigenvalue weighted by Gasteiger charge is 2.28. The van der Waals surface area contributed by atoms with Crippen LogP contribution in [0.25, 0.3) is 0 Å². The van der Waals surface area contributed by atoms with Gasteiger partial charge in [0, 0.05) is 6.61 Å². The van der Waals surface area contributed by atoms with Gasteiger partial charge < -0.3 is 4.74 Å². The number of ether oxygens (including phenoxy) is 1. The van der Waals surface area contributed by atoms with Gasteiger partial charge in [0.15, 0.2) is 9.84 Å². The number of rotatable bonds is 6. The van der Waals surface area contributed by atoms with Gasteiger partial charge in [-0.25, -0.2) is 8.42 Å². The minimum Gasteiger partial charge on any atom is -0.377 e. The van der Waals surface area contributed by atoms with E-state index < -0.39 is 9.84 Å². The first-order valence-electron chi connectivity index (χ1n) is 5.07. The summed E-state index contributed by atoms with van der Waals surface area (Å²) in [7, 11) is -2.78. The van der Waals surface area contributed by atoms with Crippen molar-refractivity contribution in [2.75, 3.05) is 18.1 Å². The third-order valence-corrected chi connectivity index (χ3v) is 4.08. The first kappa shape index (κ1) is 11.7. The van der Waals surface area contributed by atoms with E-state index >= 15 is 0 Å². The average molecular weight is 218 g/mol. The maximum absolute atomic E-state index is 11.1. The Labute approximate surface area is 86.1 Å². The van der Waals surface area contributed by atoms with Gasteiger partial charge in [-0.15, -0.1) is 6.58 Å². The van der Waals surface area contributed by atoms with Crippen LogP contribution in [0.15, 0.2) is 12.7 Å². The minimum absolute atomic E-state index is 0.0521. The number of allylic oxidation sites excluding steroid dienone is 1. The van der Waals surface area contributed by atoms with Gasteiger partial charge in [-0.2, -0.15) is 0 Å². The molecule has 1 atom stereocenters. The SMILES string of the molecule is C=CCCCCOC1CCS(=O)(=O)C1. The molecule has 0 saturated carbocycles. The van der Waals surface area contributed by atoms with E-state index in [-0.39, 0.29) is 11.9 Å². The smallest absolute Gasteiger partial charge is 0.152 e. The molecule has 0 aromatic carbocycles. The summed E-state index contributed by atoms with van der Waals surface area (Å²) in [5.74, 6) is 0.513. The lowest BCUT2D eigenvalue weighted by Gasteiger charge is -2.08. The van der Waals surface area contributed by atoms with E-state index in [0.29, 0.717) is 18.8 Å². The van der Waals surface area contributed by atoms with E-state index in [1.54, 1.807) is 0 Å². The third kappa shape index (κ3) is 4.24. The van der Waals surface area contributed by atoms with Gasteiger partial charge in [0.05, 0.1) is 17.6 Å². The molecule has 0 amide bonds. The van der Waals surface area contributed by atoms with Gasteiger partial charge in [0.25, 0.3) is 0 Å². The standard InChI is InChI=1S/C10H18O3S/c1-2-3-4-5-7-13-10-6-8-14(11,12)9-10/h2,10H,1,3-9H2. The van der Waals surface area contributed by atoms with Gasteiger partial charge in [0.2, 0.25) is 0 Å². The van der Waals surface area contributed by atoms with Crippen molar-refractivity contribution in [1.82, 2.24) is 0 Å². The van der Waals surface area contributed by atoms with E-state index in [2.05, 4.69) is 6.58 Å². The average Bonchev–Trinajstić information content (AvgIpc) is 2.45. The summed E-state index contributed by atoms with van der Waals surface area (Å²) in [4.78, 5) is 0. The Bertz CT molecular complexity index is 269. The van der Waals surface area contributed by atoms with Crippen LogP contribution in [0.3, 0.4) is 0 Å². The number of hydrogen-bond acceptors (Lipinski definition) is 3. The molecule has 0 aromatic heterocycles. The summed E-state index contributed by atoms with van der Waals surface area (Å²) in [6, 6.07) is 0. The maximum atomic E-state index is 11.1. The molecule has 1 heterocycles. The second kappa shape index (κ2) is 5.51. The quantitative estimate of drug-likeness (QED) is 0.502. The van der Waals surface area contributed by atoms with Gasteiger partial charge in [0.1, 0.15) is 0 Å². The monoisotopic (exact) mass is 218 g/mol. The zero-order valence-electron chi connectivity index (χ0n) is 8.44. The Kier molecular flexibility index (Phi) is 4.62. The molecule has 1 fully saturated rings. The van der Waals surface area contributed by atoms with Crippen LogP contribution in [0.4, 0.5) is 0 Å². The predicted octanol–water partition coefficient (Wildman–Crippen LogP) is 1.55. The van der Waals surface area contributed by atoms with Crippen LogP contribution in [-0.2, 0) is 14.6 Å². The zero-order valence-corrected chi connectivity index (χ0v) is 9.26. The molecular formula is C10H18O3S. The summed E-state index contributed by atoms with van der Waals surface area (Å²) < 4.78 is 27.6. The summed E-state index contributed by atoms with van der Waals surface area (Å²) in [6.45, 7) is 4.31. The van der Waals surface area contributed by atoms with Crippen molar-refractivity contribution in [2.24, 2.45) is 0 Å². The van der Waals surface area contributed by atoms with Crippen LogP contribution >= 0.6 is 0 Å². The van der Waals surface area contributed by atoms with Crippen molar-refractivity contribution >= 4 is 9.84 Å². The lowest BCUT2D eigenvalue weighted by molar-refractivity contribution is 0.0684. The highest BCUT2D eigenvalue weighted by molar-refractivity contribution is 7.91. The molecule has 1 saturated heterocycles. The lowest BCUT2D eigenvalue weighted by Crippen LogP contribution is -2.15. The third-order valence-electron chi connectivity index (χ3n) is 2.35. The Morgan fingerprint density at radius 1 is 1.43 bits per heavy atom. The second-order valence-electron chi connectivity index (χ2n) is 3.68. The molecule has 0 aromatic rings. The predicted molar refractivity (Wildman–Crippen MR) is 57.1 cm³/mol. The van der Waals surface area contributed by atoms with E-state index in [4.69, 9.17) is 4.74 Å². The molecule has 0 spiro atoms. The molecule has 0 N–H and O–H groups in total. The molecule has 0 radical (unpaired) electrons. The fourth-order valence-corrected chi connectivity index (χ4v) is 3.15. The molecule has 4 heteroatoms. The Morgan fingerprint density at radius 2 is 2.21 bits per heavy atom. The van der Waals surface area contributed by atoms with Gasteiger partial charge >= 0.3 is 0 Å². The van der Waals surface area contributed by atoms with Gasteiger partial charge in [-0.3, -0.25) is 0 Å². The Balaban J connectivity index is 2.06. The van der Waals surface area contributed by atoms with Crippen molar-refractivity contribution in [3.8, 4) is 0 Å². The van der Waals surface area contributed by atoms with E-state index in [1.807, 2.05) is 6.08 Å².